The first-order valence-corrected chi connectivity index (χ1v) is 16.8. The maximum atomic E-state index is 16.6. The van der Waals surface area contributed by atoms with Gasteiger partial charge < -0.3 is 19.9 Å². The third-order valence-corrected chi connectivity index (χ3v) is 9.35. The van der Waals surface area contributed by atoms with E-state index in [1.165, 1.54) is 26.8 Å². The molecule has 1 amide bonds. The van der Waals surface area contributed by atoms with Crippen molar-refractivity contribution >= 4 is 11.9 Å². The minimum Gasteiger partial charge on any atom is -0.481 e. The van der Waals surface area contributed by atoms with E-state index in [1.54, 1.807) is 13.8 Å². The number of nitrogens with one attached hydrogen (secondary N) is 1. The summed E-state index contributed by atoms with van der Waals surface area (Å²) < 4.78 is 120. The number of benzene rings is 2. The summed E-state index contributed by atoms with van der Waals surface area (Å²) >= 11 is 0. The number of halogens is 8. The fourth-order valence-electron chi connectivity index (χ4n) is 6.68. The Morgan fingerprint density at radius 2 is 1.56 bits per heavy atom. The lowest BCUT2D eigenvalue weighted by molar-refractivity contribution is -0.139. The number of aliphatic carboxylic acids is 1. The molecule has 1 aromatic heterocycles. The van der Waals surface area contributed by atoms with Crippen LogP contribution in [0.1, 0.15) is 91.1 Å². The van der Waals surface area contributed by atoms with Crippen molar-refractivity contribution in [2.45, 2.75) is 91.4 Å². The molecule has 0 unspecified atom stereocenters. The van der Waals surface area contributed by atoms with Crippen molar-refractivity contribution in [2.24, 2.45) is 5.92 Å². The van der Waals surface area contributed by atoms with Crippen LogP contribution in [0.25, 0.3) is 11.1 Å². The molecule has 2 aromatic carbocycles. The van der Waals surface area contributed by atoms with Gasteiger partial charge in [0.15, 0.2) is 0 Å². The second-order valence-electron chi connectivity index (χ2n) is 13.9. The molecule has 0 saturated carbocycles. The van der Waals surface area contributed by atoms with Gasteiger partial charge in [0.2, 0.25) is 5.91 Å². The van der Waals surface area contributed by atoms with Crippen molar-refractivity contribution < 1.29 is 49.8 Å². The molecule has 1 aliphatic heterocycles. The highest BCUT2D eigenvalue weighted by Gasteiger charge is 2.39. The molecule has 1 aliphatic rings. The van der Waals surface area contributed by atoms with Crippen LogP contribution >= 0.6 is 0 Å². The van der Waals surface area contributed by atoms with Gasteiger partial charge in [-0.25, -0.2) is 22.0 Å². The Balaban J connectivity index is 1.90. The molecule has 2 atom stereocenters. The van der Waals surface area contributed by atoms with E-state index >= 15 is 13.2 Å². The monoisotopic (exact) mass is 743 g/mol. The van der Waals surface area contributed by atoms with Crippen LogP contribution in [0.15, 0.2) is 29.2 Å². The highest BCUT2D eigenvalue weighted by atomic mass is 19.4. The molecule has 2 N–H and O–H groups in total. The highest BCUT2D eigenvalue weighted by Crippen LogP contribution is 2.42. The van der Waals surface area contributed by atoms with Crippen molar-refractivity contribution in [1.29, 1.82) is 0 Å². The second-order valence-corrected chi connectivity index (χ2v) is 13.9. The molecule has 52 heavy (non-hydrogen) atoms. The number of nitrogens with zero attached hydrogens (tertiary/aromatic N) is 2. The van der Waals surface area contributed by atoms with E-state index in [9.17, 15) is 41.4 Å². The van der Waals surface area contributed by atoms with Gasteiger partial charge >= 0.3 is 12.1 Å². The van der Waals surface area contributed by atoms with Crippen LogP contribution in [0, 0.1) is 44.1 Å². The quantitative estimate of drug-likeness (QED) is 0.173. The van der Waals surface area contributed by atoms with Crippen LogP contribution in [0.3, 0.4) is 0 Å². The van der Waals surface area contributed by atoms with E-state index in [4.69, 9.17) is 0 Å². The number of carboxylic acid groups (broad SMARTS) is 1. The largest absolute Gasteiger partial charge is 0.481 e. The number of rotatable bonds is 13. The van der Waals surface area contributed by atoms with Gasteiger partial charge in [0, 0.05) is 36.9 Å². The Labute approximate surface area is 295 Å². The van der Waals surface area contributed by atoms with Crippen LogP contribution in [0.5, 0.6) is 0 Å². The number of pyridine rings is 1. The Kier molecular flexibility index (Phi) is 12.0. The highest BCUT2D eigenvalue weighted by molar-refractivity contribution is 5.82. The summed E-state index contributed by atoms with van der Waals surface area (Å²) in [4.78, 5) is 41.2. The number of aromatic nitrogens is 1. The Morgan fingerprint density at radius 3 is 2.08 bits per heavy atom. The Bertz CT molecular complexity index is 1910. The SMILES string of the molecule is Cc1cc(C)c(-c2cc(C(C)(F)F)c(F)c([C@H](CC(=O)O)NC(=O)[C@H](CC(C)C)n3cc(CCN4CCC4)c(C(F)(F)F)cc3=O)c2F)c(C)c1F. The van der Waals surface area contributed by atoms with Gasteiger partial charge in [0.1, 0.15) is 23.5 Å². The van der Waals surface area contributed by atoms with Gasteiger partial charge in [-0.3, -0.25) is 14.4 Å². The molecule has 0 radical (unpaired) electrons. The molecule has 2 heterocycles. The zero-order valence-corrected chi connectivity index (χ0v) is 29.6. The lowest BCUT2D eigenvalue weighted by Gasteiger charge is -2.31. The van der Waals surface area contributed by atoms with E-state index in [2.05, 4.69) is 5.32 Å². The minimum absolute atomic E-state index is 0.123. The van der Waals surface area contributed by atoms with Crippen LogP contribution in [-0.2, 0) is 28.1 Å². The topological polar surface area (TPSA) is 91.6 Å². The Hall–Kier alpha value is -4.27. The molecule has 1 fully saturated rings. The van der Waals surface area contributed by atoms with Crippen molar-refractivity contribution in [3.63, 3.8) is 0 Å². The summed E-state index contributed by atoms with van der Waals surface area (Å²) in [6.45, 7) is 9.36. The number of aryl methyl sites for hydroxylation is 2. The predicted octanol–water partition coefficient (Wildman–Crippen LogP) is 8.16. The predicted molar refractivity (Wildman–Crippen MR) is 178 cm³/mol. The molecular formula is C37H41F8N3O4. The average molecular weight is 744 g/mol. The minimum atomic E-state index is -4.90. The molecule has 3 aromatic rings. The van der Waals surface area contributed by atoms with Gasteiger partial charge in [0.25, 0.3) is 11.5 Å². The first kappa shape index (κ1) is 40.5. The van der Waals surface area contributed by atoms with E-state index in [-0.39, 0.29) is 47.2 Å². The number of carboxylic acids is 1. The summed E-state index contributed by atoms with van der Waals surface area (Å²) in [5.41, 5.74) is -5.89. The fourth-order valence-corrected chi connectivity index (χ4v) is 6.68. The maximum Gasteiger partial charge on any atom is 0.416 e. The fraction of sp³-hybridized carbons (Fsp3) is 0.486. The summed E-state index contributed by atoms with van der Waals surface area (Å²) in [6.07, 6.45) is -4.65. The normalized spacial score (nSPS) is 15.1. The third kappa shape index (κ3) is 8.67. The van der Waals surface area contributed by atoms with Crippen molar-refractivity contribution in [3.05, 3.63) is 91.1 Å². The zero-order chi connectivity index (χ0) is 39.0. The lowest BCUT2D eigenvalue weighted by Crippen LogP contribution is -2.41. The summed E-state index contributed by atoms with van der Waals surface area (Å²) in [6, 6.07) is -1.55. The van der Waals surface area contributed by atoms with Crippen LogP contribution in [0.4, 0.5) is 35.1 Å². The van der Waals surface area contributed by atoms with Gasteiger partial charge in [-0.2, -0.15) is 13.2 Å². The van der Waals surface area contributed by atoms with Crippen LogP contribution in [-0.4, -0.2) is 46.1 Å². The number of hydrogen-bond donors (Lipinski definition) is 2. The first-order valence-electron chi connectivity index (χ1n) is 16.8. The summed E-state index contributed by atoms with van der Waals surface area (Å²) in [7, 11) is 0. The van der Waals surface area contributed by atoms with Crippen molar-refractivity contribution in [3.8, 4) is 11.1 Å². The summed E-state index contributed by atoms with van der Waals surface area (Å²) in [5.74, 6) is -11.4. The first-order chi connectivity index (χ1) is 24.0. The molecule has 7 nitrogen and oxygen atoms in total. The number of amides is 1. The van der Waals surface area contributed by atoms with Crippen LogP contribution in [0.2, 0.25) is 0 Å². The van der Waals surface area contributed by atoms with E-state index < -0.39 is 93.7 Å². The molecule has 1 saturated heterocycles. The number of hydrogen-bond acceptors (Lipinski definition) is 4. The third-order valence-electron chi connectivity index (χ3n) is 9.35. The second kappa shape index (κ2) is 15.4. The smallest absolute Gasteiger partial charge is 0.416 e. The van der Waals surface area contributed by atoms with Crippen molar-refractivity contribution in [1.82, 2.24) is 14.8 Å². The molecule has 4 rings (SSSR count). The van der Waals surface area contributed by atoms with Gasteiger partial charge in [-0.05, 0) is 92.9 Å². The van der Waals surface area contributed by atoms with Crippen LogP contribution < -0.4 is 10.9 Å². The maximum absolute atomic E-state index is 16.6. The Morgan fingerprint density at radius 1 is 0.923 bits per heavy atom. The molecule has 284 valence electrons. The summed E-state index contributed by atoms with van der Waals surface area (Å²) in [5, 5.41) is 12.0. The molecule has 0 aliphatic carbocycles. The molecule has 15 heteroatoms. The van der Waals surface area contributed by atoms with Gasteiger partial charge in [0.05, 0.1) is 23.6 Å². The number of carbonyl (C=O) groups is 2. The van der Waals surface area contributed by atoms with Gasteiger partial charge in [-0.15, -0.1) is 0 Å². The average Bonchev–Trinajstić information content (AvgIpc) is 2.98. The van der Waals surface area contributed by atoms with Crippen molar-refractivity contribution in [2.75, 3.05) is 19.6 Å². The van der Waals surface area contributed by atoms with E-state index in [1.807, 2.05) is 4.90 Å². The van der Waals surface area contributed by atoms with E-state index in [0.717, 1.165) is 17.2 Å². The number of likely N-dealkylation sites (tertiary alicyclic amines) is 1. The number of alkyl halides is 5. The standard InChI is InChI=1S/C37H41F8N3O4/c1-18(2)12-27(48-17-22(8-11-47-9-7-10-47)24(15-28(48)49)37(43,44)45)35(52)46-26(16-29(50)51)31-33(39)23(14-25(34(31)40)36(6,41)42)30-19(3)13-20(4)32(38)21(30)5/h13-15,17-18,26-27H,7-12,16H2,1-6H3,(H,46,52)(H,50,51)/t26-,27-/m0/s1. The number of carbonyl (C=O) groups excluding carboxylic acids is 1. The molecule has 0 spiro atoms. The lowest BCUT2D eigenvalue weighted by atomic mass is 9.87. The molecular weight excluding hydrogens is 702 g/mol. The van der Waals surface area contributed by atoms with Gasteiger partial charge in [-0.1, -0.05) is 19.9 Å². The van der Waals surface area contributed by atoms with E-state index in [0.29, 0.717) is 32.1 Å². The zero-order valence-electron chi connectivity index (χ0n) is 29.6. The molecule has 0 bridgehead atoms.